The number of hydrogen-bond acceptors (Lipinski definition) is 1. The molecule has 0 saturated heterocycles. The average Bonchev–Trinajstić information content (AvgIpc) is 2.83. The lowest BCUT2D eigenvalue weighted by Crippen LogP contribution is -2.27. The van der Waals surface area contributed by atoms with E-state index in [4.69, 9.17) is 0 Å². The molecule has 0 aliphatic heterocycles. The number of carbonyl (C=O) groups excluding carboxylic acids is 1. The third-order valence-corrected chi connectivity index (χ3v) is 5.21. The fourth-order valence-corrected chi connectivity index (χ4v) is 2.85. The van der Waals surface area contributed by atoms with Crippen LogP contribution in [0.3, 0.4) is 0 Å². The lowest BCUT2D eigenvalue weighted by atomic mass is 10.0. The molecule has 0 radical (unpaired) electrons. The average molecular weight is 245 g/mol. The molecule has 0 aromatic heterocycles. The fourth-order valence-electron chi connectivity index (χ4n) is 2.85. The second-order valence-electron chi connectivity index (χ2n) is 6.67. The molecule has 1 amide bonds. The van der Waals surface area contributed by atoms with Crippen molar-refractivity contribution in [3.63, 3.8) is 0 Å². The minimum atomic E-state index is -2.59. The van der Waals surface area contributed by atoms with E-state index in [1.165, 1.54) is 0 Å². The number of hydrogen-bond donors (Lipinski definition) is 1. The molecule has 98 valence electrons. The van der Waals surface area contributed by atoms with Gasteiger partial charge in [0.05, 0.1) is 0 Å². The summed E-state index contributed by atoms with van der Waals surface area (Å²) < 4.78 is 25.3. The summed E-state index contributed by atoms with van der Waals surface area (Å²) in [6.07, 6.45) is -0.151. The number of carbonyl (C=O) groups is 1. The number of amides is 1. The van der Waals surface area contributed by atoms with Crippen LogP contribution >= 0.6 is 0 Å². The van der Waals surface area contributed by atoms with E-state index in [9.17, 15) is 13.6 Å². The lowest BCUT2D eigenvalue weighted by Gasteiger charge is -2.06. The molecule has 0 heterocycles. The zero-order valence-electron chi connectivity index (χ0n) is 10.9. The van der Waals surface area contributed by atoms with Gasteiger partial charge in [0, 0.05) is 25.3 Å². The smallest absolute Gasteiger partial charge is 0.252 e. The first kappa shape index (κ1) is 12.8. The van der Waals surface area contributed by atoms with Crippen molar-refractivity contribution in [2.75, 3.05) is 6.54 Å². The van der Waals surface area contributed by atoms with Crippen molar-refractivity contribution in [3.05, 3.63) is 0 Å². The number of alkyl halides is 2. The van der Waals surface area contributed by atoms with Crippen LogP contribution in [0.4, 0.5) is 8.78 Å². The second kappa shape index (κ2) is 3.42. The van der Waals surface area contributed by atoms with Crippen molar-refractivity contribution in [1.82, 2.24) is 5.32 Å². The number of nitrogens with one attached hydrogen (secondary N) is 1. The number of rotatable bonds is 4. The highest BCUT2D eigenvalue weighted by atomic mass is 19.3. The fraction of sp³-hybridized carbons (Fsp3) is 0.923. The van der Waals surface area contributed by atoms with Gasteiger partial charge in [-0.15, -0.1) is 0 Å². The van der Waals surface area contributed by atoms with Crippen LogP contribution in [0.25, 0.3) is 0 Å². The molecule has 4 heteroatoms. The third-order valence-electron chi connectivity index (χ3n) is 5.21. The summed E-state index contributed by atoms with van der Waals surface area (Å²) in [5.74, 6) is -3.10. The van der Waals surface area contributed by atoms with Gasteiger partial charge in [-0.25, -0.2) is 8.78 Å². The molecule has 0 bridgehead atoms. The van der Waals surface area contributed by atoms with Gasteiger partial charge in [-0.3, -0.25) is 4.79 Å². The van der Waals surface area contributed by atoms with Crippen molar-refractivity contribution < 1.29 is 13.6 Å². The van der Waals surface area contributed by atoms with Gasteiger partial charge in [0.2, 0.25) is 5.91 Å². The molecule has 1 atom stereocenters. The van der Waals surface area contributed by atoms with Crippen LogP contribution in [-0.4, -0.2) is 18.4 Å². The largest absolute Gasteiger partial charge is 0.356 e. The quantitative estimate of drug-likeness (QED) is 0.810. The zero-order valence-corrected chi connectivity index (χ0v) is 10.9. The van der Waals surface area contributed by atoms with Crippen molar-refractivity contribution in [1.29, 1.82) is 0 Å². The maximum absolute atomic E-state index is 12.6. The van der Waals surface area contributed by atoms with E-state index in [2.05, 4.69) is 33.0 Å². The predicted octanol–water partition coefficient (Wildman–Crippen LogP) is 2.83. The molecular weight excluding hydrogens is 224 g/mol. The van der Waals surface area contributed by atoms with Gasteiger partial charge in [0.15, 0.2) is 0 Å². The van der Waals surface area contributed by atoms with Gasteiger partial charge in [-0.1, -0.05) is 27.7 Å². The van der Waals surface area contributed by atoms with Crippen LogP contribution < -0.4 is 5.32 Å². The van der Waals surface area contributed by atoms with Gasteiger partial charge < -0.3 is 5.32 Å². The Morgan fingerprint density at radius 3 is 2.06 bits per heavy atom. The highest BCUT2D eigenvalue weighted by molar-refractivity contribution is 5.76. The molecule has 2 rings (SSSR count). The van der Waals surface area contributed by atoms with Crippen LogP contribution in [0.2, 0.25) is 0 Å². The molecule has 2 aliphatic carbocycles. The van der Waals surface area contributed by atoms with Crippen LogP contribution in [0.1, 0.15) is 40.5 Å². The third kappa shape index (κ3) is 2.06. The summed E-state index contributed by atoms with van der Waals surface area (Å²) in [6.45, 7) is 9.33. The van der Waals surface area contributed by atoms with E-state index in [-0.39, 0.29) is 29.6 Å². The van der Waals surface area contributed by atoms with Crippen LogP contribution in [0, 0.1) is 22.7 Å². The first-order valence-corrected chi connectivity index (χ1v) is 6.23. The highest BCUT2D eigenvalue weighted by Gasteiger charge is 2.64. The molecule has 1 unspecified atom stereocenters. The molecule has 2 saturated carbocycles. The molecular formula is C13H21F2NO. The summed E-state index contributed by atoms with van der Waals surface area (Å²) in [7, 11) is 0. The Labute approximate surface area is 101 Å². The monoisotopic (exact) mass is 245 g/mol. The molecule has 17 heavy (non-hydrogen) atoms. The van der Waals surface area contributed by atoms with E-state index < -0.39 is 11.8 Å². The number of halogens is 2. The van der Waals surface area contributed by atoms with Crippen LogP contribution in [0.5, 0.6) is 0 Å². The lowest BCUT2D eigenvalue weighted by molar-refractivity contribution is -0.122. The van der Waals surface area contributed by atoms with E-state index in [0.29, 0.717) is 12.5 Å². The van der Waals surface area contributed by atoms with Gasteiger partial charge in [-0.2, -0.15) is 0 Å². The first-order chi connectivity index (χ1) is 7.59. The van der Waals surface area contributed by atoms with E-state index in [1.807, 2.05) is 0 Å². The van der Waals surface area contributed by atoms with Crippen molar-refractivity contribution in [3.8, 4) is 0 Å². The topological polar surface area (TPSA) is 29.1 Å². The SMILES string of the molecule is CC1(C)C(CNC(=O)CC2CC2(F)F)C1(C)C. The summed E-state index contributed by atoms with van der Waals surface area (Å²) >= 11 is 0. The molecule has 0 aromatic rings. The summed E-state index contributed by atoms with van der Waals surface area (Å²) in [4.78, 5) is 11.5. The predicted molar refractivity (Wildman–Crippen MR) is 61.7 cm³/mol. The highest BCUT2D eigenvalue weighted by Crippen LogP contribution is 2.67. The van der Waals surface area contributed by atoms with Crippen LogP contribution in [0.15, 0.2) is 0 Å². The summed E-state index contributed by atoms with van der Waals surface area (Å²) in [5.41, 5.74) is 0.452. The van der Waals surface area contributed by atoms with Gasteiger partial charge in [0.25, 0.3) is 5.92 Å². The molecule has 0 spiro atoms. The van der Waals surface area contributed by atoms with Crippen LogP contribution in [-0.2, 0) is 4.79 Å². The summed E-state index contributed by atoms with van der Waals surface area (Å²) in [6, 6.07) is 0. The Morgan fingerprint density at radius 2 is 1.71 bits per heavy atom. The van der Waals surface area contributed by atoms with Crippen molar-refractivity contribution in [2.24, 2.45) is 22.7 Å². The normalized spacial score (nSPS) is 32.0. The van der Waals surface area contributed by atoms with E-state index in [1.54, 1.807) is 0 Å². The first-order valence-electron chi connectivity index (χ1n) is 6.23. The van der Waals surface area contributed by atoms with E-state index in [0.717, 1.165) is 0 Å². The maximum Gasteiger partial charge on any atom is 0.252 e. The van der Waals surface area contributed by atoms with Gasteiger partial charge in [0.1, 0.15) is 0 Å². The van der Waals surface area contributed by atoms with Crippen molar-refractivity contribution >= 4 is 5.91 Å². The minimum absolute atomic E-state index is 0.0272. The Balaban J connectivity index is 1.72. The molecule has 2 fully saturated rings. The zero-order chi connectivity index (χ0) is 13.1. The Kier molecular flexibility index (Phi) is 2.57. The Hall–Kier alpha value is -0.670. The molecule has 0 aromatic carbocycles. The maximum atomic E-state index is 12.6. The Morgan fingerprint density at radius 1 is 1.24 bits per heavy atom. The van der Waals surface area contributed by atoms with E-state index >= 15 is 0 Å². The standard InChI is InChI=1S/C13H21F2NO/c1-11(2)9(12(11,3)4)7-16-10(17)5-8-6-13(8,14)15/h8-9H,5-7H2,1-4H3,(H,16,17). The summed E-state index contributed by atoms with van der Waals surface area (Å²) in [5, 5.41) is 2.79. The molecule has 2 nitrogen and oxygen atoms in total. The van der Waals surface area contributed by atoms with Gasteiger partial charge >= 0.3 is 0 Å². The Bertz CT molecular complexity index is 335. The second-order valence-corrected chi connectivity index (χ2v) is 6.67. The molecule has 2 aliphatic rings. The van der Waals surface area contributed by atoms with Crippen molar-refractivity contribution in [2.45, 2.75) is 46.5 Å². The minimum Gasteiger partial charge on any atom is -0.356 e. The van der Waals surface area contributed by atoms with Gasteiger partial charge in [-0.05, 0) is 16.7 Å². The molecule has 1 N–H and O–H groups in total.